The Balaban J connectivity index is 2.14. The van der Waals surface area contributed by atoms with Crippen LogP contribution in [0.4, 0.5) is 5.69 Å². The van der Waals surface area contributed by atoms with Crippen molar-refractivity contribution in [3.8, 4) is 0 Å². The first-order valence-electron chi connectivity index (χ1n) is 7.24. The van der Waals surface area contributed by atoms with Crippen molar-refractivity contribution in [2.75, 3.05) is 24.6 Å². The van der Waals surface area contributed by atoms with Crippen LogP contribution in [0.5, 0.6) is 0 Å². The molecule has 2 aromatic rings. The highest BCUT2D eigenvalue weighted by Crippen LogP contribution is 2.32. The summed E-state index contributed by atoms with van der Waals surface area (Å²) in [5, 5.41) is 10.5. The number of aliphatic hydroxyl groups is 1. The maximum atomic E-state index is 9.46. The SMILES string of the molecule is NC(=S)c1cnc2ccccc2c1N1CCCC(CO)C1. The number of benzene rings is 1. The highest BCUT2D eigenvalue weighted by molar-refractivity contribution is 7.80. The monoisotopic (exact) mass is 301 g/mol. The van der Waals surface area contributed by atoms with Gasteiger partial charge in [0.15, 0.2) is 0 Å². The van der Waals surface area contributed by atoms with E-state index in [0.29, 0.717) is 10.9 Å². The van der Waals surface area contributed by atoms with E-state index in [1.54, 1.807) is 6.20 Å². The van der Waals surface area contributed by atoms with Crippen LogP contribution in [0.15, 0.2) is 30.5 Å². The molecule has 0 radical (unpaired) electrons. The molecule has 1 fully saturated rings. The number of para-hydroxylation sites is 1. The molecule has 4 nitrogen and oxygen atoms in total. The van der Waals surface area contributed by atoms with Gasteiger partial charge in [-0.1, -0.05) is 30.4 Å². The van der Waals surface area contributed by atoms with Crippen molar-refractivity contribution in [1.82, 2.24) is 4.98 Å². The number of nitrogens with two attached hydrogens (primary N) is 1. The molecule has 5 heteroatoms. The van der Waals surface area contributed by atoms with Crippen molar-refractivity contribution in [2.24, 2.45) is 11.7 Å². The number of rotatable bonds is 3. The van der Waals surface area contributed by atoms with Crippen LogP contribution >= 0.6 is 12.2 Å². The van der Waals surface area contributed by atoms with Crippen LogP contribution in [0.3, 0.4) is 0 Å². The highest BCUT2D eigenvalue weighted by Gasteiger charge is 2.23. The molecule has 1 aromatic heterocycles. The van der Waals surface area contributed by atoms with Crippen LogP contribution in [0, 0.1) is 5.92 Å². The summed E-state index contributed by atoms with van der Waals surface area (Å²) < 4.78 is 0. The maximum absolute atomic E-state index is 9.46. The molecule has 1 aliphatic rings. The van der Waals surface area contributed by atoms with E-state index in [2.05, 4.69) is 16.0 Å². The zero-order chi connectivity index (χ0) is 14.8. The highest BCUT2D eigenvalue weighted by atomic mass is 32.1. The largest absolute Gasteiger partial charge is 0.396 e. The van der Waals surface area contributed by atoms with Crippen LogP contribution in [0.2, 0.25) is 0 Å². The second-order valence-electron chi connectivity index (χ2n) is 5.54. The van der Waals surface area contributed by atoms with Gasteiger partial charge in [0.1, 0.15) is 4.99 Å². The summed E-state index contributed by atoms with van der Waals surface area (Å²) >= 11 is 5.20. The fourth-order valence-corrected chi connectivity index (χ4v) is 3.21. The lowest BCUT2D eigenvalue weighted by Crippen LogP contribution is -2.38. The summed E-state index contributed by atoms with van der Waals surface area (Å²) in [6.45, 7) is 2.02. The predicted molar refractivity (Wildman–Crippen MR) is 89.7 cm³/mol. The molecule has 3 N–H and O–H groups in total. The number of pyridine rings is 1. The minimum absolute atomic E-state index is 0.224. The van der Waals surface area contributed by atoms with Gasteiger partial charge < -0.3 is 15.7 Å². The Kier molecular flexibility index (Phi) is 4.03. The van der Waals surface area contributed by atoms with Gasteiger partial charge in [0.2, 0.25) is 0 Å². The third-order valence-electron chi connectivity index (χ3n) is 4.11. The quantitative estimate of drug-likeness (QED) is 0.850. The number of hydrogen-bond acceptors (Lipinski definition) is 4. The van der Waals surface area contributed by atoms with Gasteiger partial charge in [-0.05, 0) is 24.8 Å². The molecule has 0 bridgehead atoms. The topological polar surface area (TPSA) is 62.4 Å². The summed E-state index contributed by atoms with van der Waals surface area (Å²) in [6.07, 6.45) is 3.90. The van der Waals surface area contributed by atoms with E-state index in [4.69, 9.17) is 18.0 Å². The summed E-state index contributed by atoms with van der Waals surface area (Å²) in [7, 11) is 0. The number of piperidine rings is 1. The first kappa shape index (κ1) is 14.2. The molecular formula is C16H19N3OS. The zero-order valence-corrected chi connectivity index (χ0v) is 12.6. The van der Waals surface area contributed by atoms with Gasteiger partial charge in [-0.15, -0.1) is 0 Å². The predicted octanol–water partition coefficient (Wildman–Crippen LogP) is 2.08. The van der Waals surface area contributed by atoms with Crippen molar-refractivity contribution < 1.29 is 5.11 Å². The Bertz CT molecular complexity index is 674. The van der Waals surface area contributed by atoms with Crippen LogP contribution < -0.4 is 10.6 Å². The fourth-order valence-electron chi connectivity index (χ4n) is 3.06. The van der Waals surface area contributed by atoms with Crippen molar-refractivity contribution in [3.05, 3.63) is 36.0 Å². The number of aromatic nitrogens is 1. The molecule has 1 saturated heterocycles. The summed E-state index contributed by atoms with van der Waals surface area (Å²) in [6, 6.07) is 8.04. The number of thiocarbonyl (C=S) groups is 1. The van der Waals surface area contributed by atoms with Gasteiger partial charge >= 0.3 is 0 Å². The normalized spacial score (nSPS) is 18.9. The Morgan fingerprint density at radius 1 is 1.43 bits per heavy atom. The molecule has 1 aliphatic heterocycles. The van der Waals surface area contributed by atoms with E-state index in [9.17, 15) is 5.11 Å². The van der Waals surface area contributed by atoms with Crippen LogP contribution in [-0.4, -0.2) is 34.8 Å². The lowest BCUT2D eigenvalue weighted by atomic mass is 9.97. The number of fused-ring (bicyclic) bond motifs is 1. The minimum atomic E-state index is 0.224. The second-order valence-corrected chi connectivity index (χ2v) is 5.98. The Hall–Kier alpha value is -1.72. The third-order valence-corrected chi connectivity index (χ3v) is 4.33. The zero-order valence-electron chi connectivity index (χ0n) is 11.8. The molecule has 2 heterocycles. The Labute approximate surface area is 129 Å². The van der Waals surface area contributed by atoms with E-state index < -0.39 is 0 Å². The van der Waals surface area contributed by atoms with E-state index in [1.807, 2.05) is 18.2 Å². The smallest absolute Gasteiger partial charge is 0.107 e. The van der Waals surface area contributed by atoms with E-state index >= 15 is 0 Å². The Morgan fingerprint density at radius 3 is 3.00 bits per heavy atom. The van der Waals surface area contributed by atoms with Gasteiger partial charge in [0.05, 0.1) is 16.8 Å². The number of nitrogens with zero attached hydrogens (tertiary/aromatic N) is 2. The van der Waals surface area contributed by atoms with Gasteiger partial charge in [-0.25, -0.2) is 0 Å². The van der Waals surface area contributed by atoms with E-state index in [-0.39, 0.29) is 6.61 Å². The molecule has 1 unspecified atom stereocenters. The molecule has 0 spiro atoms. The molecule has 21 heavy (non-hydrogen) atoms. The average Bonchev–Trinajstić information content (AvgIpc) is 2.53. The van der Waals surface area contributed by atoms with Crippen molar-refractivity contribution in [3.63, 3.8) is 0 Å². The average molecular weight is 301 g/mol. The minimum Gasteiger partial charge on any atom is -0.396 e. The van der Waals surface area contributed by atoms with Gasteiger partial charge in [0, 0.05) is 31.3 Å². The molecule has 110 valence electrons. The molecule has 0 aliphatic carbocycles. The summed E-state index contributed by atoms with van der Waals surface area (Å²) in [5.74, 6) is 0.310. The molecule has 1 aromatic carbocycles. The van der Waals surface area contributed by atoms with Crippen molar-refractivity contribution >= 4 is 33.8 Å². The molecule has 0 saturated carbocycles. The van der Waals surface area contributed by atoms with Gasteiger partial charge in [-0.3, -0.25) is 4.98 Å². The number of aliphatic hydroxyl groups excluding tert-OH is 1. The summed E-state index contributed by atoms with van der Waals surface area (Å²) in [5.41, 5.74) is 8.72. The van der Waals surface area contributed by atoms with Gasteiger partial charge in [-0.2, -0.15) is 0 Å². The number of anilines is 1. The van der Waals surface area contributed by atoms with Crippen LogP contribution in [-0.2, 0) is 0 Å². The Morgan fingerprint density at radius 2 is 2.24 bits per heavy atom. The standard InChI is InChI=1S/C16H19N3OS/c17-16(21)13-8-18-14-6-2-1-5-12(14)15(13)19-7-3-4-11(9-19)10-20/h1-2,5-6,8,11,20H,3-4,7,9-10H2,(H2,17,21). The molecule has 1 atom stereocenters. The third kappa shape index (κ3) is 2.71. The van der Waals surface area contributed by atoms with Crippen LogP contribution in [0.1, 0.15) is 18.4 Å². The van der Waals surface area contributed by atoms with Crippen LogP contribution in [0.25, 0.3) is 10.9 Å². The van der Waals surface area contributed by atoms with Gasteiger partial charge in [0.25, 0.3) is 0 Å². The molecule has 3 rings (SSSR count). The van der Waals surface area contributed by atoms with E-state index in [1.165, 1.54) is 0 Å². The molecule has 0 amide bonds. The first-order chi connectivity index (χ1) is 10.2. The van der Waals surface area contributed by atoms with Crippen molar-refractivity contribution in [1.29, 1.82) is 0 Å². The fraction of sp³-hybridized carbons (Fsp3) is 0.375. The van der Waals surface area contributed by atoms with Crippen molar-refractivity contribution in [2.45, 2.75) is 12.8 Å². The first-order valence-corrected chi connectivity index (χ1v) is 7.65. The van der Waals surface area contributed by atoms with E-state index in [0.717, 1.165) is 48.1 Å². The lowest BCUT2D eigenvalue weighted by Gasteiger charge is -2.35. The maximum Gasteiger partial charge on any atom is 0.107 e. The lowest BCUT2D eigenvalue weighted by molar-refractivity contribution is 0.209. The number of hydrogen-bond donors (Lipinski definition) is 2. The second kappa shape index (κ2) is 5.95. The molecular weight excluding hydrogens is 282 g/mol. The summed E-state index contributed by atoms with van der Waals surface area (Å²) in [4.78, 5) is 7.12.